The lowest BCUT2D eigenvalue weighted by Crippen LogP contribution is -2.05. The summed E-state index contributed by atoms with van der Waals surface area (Å²) in [5.74, 6) is -1.14. The van der Waals surface area contributed by atoms with Crippen LogP contribution in [0.4, 0.5) is 5.69 Å². The van der Waals surface area contributed by atoms with Gasteiger partial charge < -0.3 is 9.84 Å². The van der Waals surface area contributed by atoms with Crippen molar-refractivity contribution in [1.29, 1.82) is 0 Å². The van der Waals surface area contributed by atoms with Crippen molar-refractivity contribution in [1.82, 2.24) is 0 Å². The number of carboxylic acids is 1. The van der Waals surface area contributed by atoms with E-state index in [-0.39, 0.29) is 27.1 Å². The van der Waals surface area contributed by atoms with Crippen LogP contribution in [0.25, 0.3) is 0 Å². The molecule has 114 valence electrons. The summed E-state index contributed by atoms with van der Waals surface area (Å²) in [7, 11) is 0. The van der Waals surface area contributed by atoms with Crippen molar-refractivity contribution in [3.8, 4) is 11.5 Å². The van der Waals surface area contributed by atoms with Crippen LogP contribution >= 0.6 is 23.2 Å². The van der Waals surface area contributed by atoms with Gasteiger partial charge in [-0.3, -0.25) is 14.9 Å². The fourth-order valence-electron chi connectivity index (χ4n) is 1.84. The summed E-state index contributed by atoms with van der Waals surface area (Å²) in [5.41, 5.74) is -0.380. The molecule has 2 aromatic rings. The van der Waals surface area contributed by atoms with Crippen molar-refractivity contribution in [2.45, 2.75) is 6.42 Å². The Balaban J connectivity index is 2.48. The predicted octanol–water partition coefficient (Wildman–Crippen LogP) is 4.32. The molecule has 2 rings (SSSR count). The normalized spacial score (nSPS) is 10.3. The Morgan fingerprint density at radius 2 is 1.82 bits per heavy atom. The third kappa shape index (κ3) is 3.47. The summed E-state index contributed by atoms with van der Waals surface area (Å²) < 4.78 is 5.45. The number of carboxylic acid groups (broad SMARTS) is 1. The second kappa shape index (κ2) is 6.64. The number of ether oxygens (including phenoxy) is 1. The van der Waals surface area contributed by atoms with Crippen molar-refractivity contribution in [2.75, 3.05) is 0 Å². The van der Waals surface area contributed by atoms with E-state index in [0.29, 0.717) is 0 Å². The van der Waals surface area contributed by atoms with Crippen molar-refractivity contribution in [3.05, 3.63) is 62.1 Å². The van der Waals surface area contributed by atoms with Gasteiger partial charge in [-0.05, 0) is 18.2 Å². The number of aliphatic carboxylic acids is 1. The van der Waals surface area contributed by atoms with Gasteiger partial charge >= 0.3 is 11.7 Å². The molecule has 0 unspecified atom stereocenters. The molecular formula is C14H9Cl2NO5. The summed E-state index contributed by atoms with van der Waals surface area (Å²) in [5, 5.41) is 20.4. The monoisotopic (exact) mass is 341 g/mol. The van der Waals surface area contributed by atoms with Gasteiger partial charge in [-0.15, -0.1) is 0 Å². The van der Waals surface area contributed by atoms with E-state index in [1.54, 1.807) is 12.1 Å². The molecule has 0 aromatic heterocycles. The maximum Gasteiger partial charge on any atom is 0.315 e. The van der Waals surface area contributed by atoms with Gasteiger partial charge in [-0.2, -0.15) is 0 Å². The number of hydrogen-bond acceptors (Lipinski definition) is 4. The first-order chi connectivity index (χ1) is 10.4. The zero-order chi connectivity index (χ0) is 16.3. The van der Waals surface area contributed by atoms with E-state index in [1.165, 1.54) is 24.3 Å². The quantitative estimate of drug-likeness (QED) is 0.645. The standard InChI is InChI=1S/C14H9Cl2NO5/c15-9-4-2-5-10(13(9)16)22-11-6-1-3-8(7-12(18)19)14(11)17(20)21/h1-6H,7H2,(H,18,19). The van der Waals surface area contributed by atoms with Gasteiger partial charge in [0.2, 0.25) is 5.75 Å². The molecule has 22 heavy (non-hydrogen) atoms. The van der Waals surface area contributed by atoms with Crippen LogP contribution in [-0.4, -0.2) is 16.0 Å². The fourth-order valence-corrected chi connectivity index (χ4v) is 2.17. The molecule has 8 heteroatoms. The molecule has 0 fully saturated rings. The second-order valence-corrected chi connectivity index (χ2v) is 5.03. The average Bonchev–Trinajstić information content (AvgIpc) is 2.43. The van der Waals surface area contributed by atoms with Crippen molar-refractivity contribution >= 4 is 34.9 Å². The Morgan fingerprint density at radius 1 is 1.18 bits per heavy atom. The third-order valence-electron chi connectivity index (χ3n) is 2.74. The number of nitro groups is 1. The van der Waals surface area contributed by atoms with E-state index in [0.717, 1.165) is 0 Å². The van der Waals surface area contributed by atoms with Crippen LogP contribution in [0.15, 0.2) is 36.4 Å². The van der Waals surface area contributed by atoms with Gasteiger partial charge in [0.1, 0.15) is 10.8 Å². The lowest BCUT2D eigenvalue weighted by Gasteiger charge is -2.10. The molecule has 0 amide bonds. The first-order valence-electron chi connectivity index (χ1n) is 6.00. The zero-order valence-electron chi connectivity index (χ0n) is 11.0. The zero-order valence-corrected chi connectivity index (χ0v) is 12.5. The molecule has 0 radical (unpaired) electrons. The molecule has 0 atom stereocenters. The molecule has 6 nitrogen and oxygen atoms in total. The molecule has 0 saturated heterocycles. The third-order valence-corrected chi connectivity index (χ3v) is 3.54. The van der Waals surface area contributed by atoms with Gasteiger partial charge in [0.25, 0.3) is 0 Å². The van der Waals surface area contributed by atoms with E-state index in [1.807, 2.05) is 0 Å². The lowest BCUT2D eigenvalue weighted by molar-refractivity contribution is -0.386. The molecule has 0 aliphatic heterocycles. The highest BCUT2D eigenvalue weighted by Gasteiger charge is 2.23. The molecule has 0 heterocycles. The van der Waals surface area contributed by atoms with Crippen LogP contribution in [-0.2, 0) is 11.2 Å². The first kappa shape index (κ1) is 16.1. The van der Waals surface area contributed by atoms with Gasteiger partial charge in [0.15, 0.2) is 0 Å². The number of rotatable bonds is 5. The van der Waals surface area contributed by atoms with Crippen molar-refractivity contribution in [3.63, 3.8) is 0 Å². The highest BCUT2D eigenvalue weighted by molar-refractivity contribution is 6.42. The molecule has 0 bridgehead atoms. The van der Waals surface area contributed by atoms with Gasteiger partial charge in [0, 0.05) is 5.56 Å². The molecular weight excluding hydrogens is 333 g/mol. The minimum Gasteiger partial charge on any atom is -0.481 e. The topological polar surface area (TPSA) is 89.7 Å². The lowest BCUT2D eigenvalue weighted by atomic mass is 10.1. The maximum atomic E-state index is 11.2. The smallest absolute Gasteiger partial charge is 0.315 e. The summed E-state index contributed by atoms with van der Waals surface area (Å²) in [6.07, 6.45) is -0.489. The SMILES string of the molecule is O=C(O)Cc1cccc(Oc2cccc(Cl)c2Cl)c1[N+](=O)[O-]. The Kier molecular flexibility index (Phi) is 4.85. The van der Waals surface area contributed by atoms with Crippen molar-refractivity contribution < 1.29 is 19.6 Å². The number of carbonyl (C=O) groups is 1. The molecule has 0 aliphatic carbocycles. The summed E-state index contributed by atoms with van der Waals surface area (Å²) in [4.78, 5) is 21.4. The van der Waals surface area contributed by atoms with Crippen LogP contribution in [0.1, 0.15) is 5.56 Å². The molecule has 2 aromatic carbocycles. The highest BCUT2D eigenvalue weighted by atomic mass is 35.5. The van der Waals surface area contributed by atoms with Crippen LogP contribution in [0.3, 0.4) is 0 Å². The van der Waals surface area contributed by atoms with E-state index >= 15 is 0 Å². The van der Waals surface area contributed by atoms with Crippen LogP contribution < -0.4 is 4.74 Å². The van der Waals surface area contributed by atoms with Crippen molar-refractivity contribution in [2.24, 2.45) is 0 Å². The fraction of sp³-hybridized carbons (Fsp3) is 0.0714. The minimum absolute atomic E-state index is 0.0353. The second-order valence-electron chi connectivity index (χ2n) is 4.25. The summed E-state index contributed by atoms with van der Waals surface area (Å²) >= 11 is 11.8. The summed E-state index contributed by atoms with van der Waals surface area (Å²) in [6, 6.07) is 8.82. The van der Waals surface area contributed by atoms with E-state index in [9.17, 15) is 14.9 Å². The largest absolute Gasteiger partial charge is 0.481 e. The van der Waals surface area contributed by atoms with Gasteiger partial charge in [0.05, 0.1) is 16.4 Å². The number of nitrogens with zero attached hydrogens (tertiary/aromatic N) is 1. The highest BCUT2D eigenvalue weighted by Crippen LogP contribution is 2.39. The van der Waals surface area contributed by atoms with E-state index in [2.05, 4.69) is 0 Å². The Morgan fingerprint density at radius 3 is 2.45 bits per heavy atom. The summed E-state index contributed by atoms with van der Waals surface area (Å²) in [6.45, 7) is 0. The average molecular weight is 342 g/mol. The maximum absolute atomic E-state index is 11.2. The van der Waals surface area contributed by atoms with Gasteiger partial charge in [-0.1, -0.05) is 41.4 Å². The Bertz CT molecular complexity index is 748. The van der Waals surface area contributed by atoms with E-state index < -0.39 is 23.0 Å². The number of halogens is 2. The minimum atomic E-state index is -1.18. The first-order valence-corrected chi connectivity index (χ1v) is 6.75. The predicted molar refractivity (Wildman–Crippen MR) is 81.0 cm³/mol. The van der Waals surface area contributed by atoms with E-state index in [4.69, 9.17) is 33.0 Å². The number of para-hydroxylation sites is 1. The van der Waals surface area contributed by atoms with Crippen LogP contribution in [0.5, 0.6) is 11.5 Å². The van der Waals surface area contributed by atoms with Gasteiger partial charge in [-0.25, -0.2) is 0 Å². The molecule has 0 spiro atoms. The number of benzene rings is 2. The molecule has 1 N–H and O–H groups in total. The number of hydrogen-bond donors (Lipinski definition) is 1. The Labute approximate surface area is 135 Å². The van der Waals surface area contributed by atoms with Crippen LogP contribution in [0.2, 0.25) is 10.0 Å². The van der Waals surface area contributed by atoms with Crippen LogP contribution in [0, 0.1) is 10.1 Å². The molecule has 0 saturated carbocycles. The Hall–Kier alpha value is -2.31. The molecule has 0 aliphatic rings. The number of nitro benzene ring substituents is 1.